The highest BCUT2D eigenvalue weighted by molar-refractivity contribution is 7.06. The van der Waals surface area contributed by atoms with Crippen LogP contribution in [0.4, 0.5) is 0 Å². The summed E-state index contributed by atoms with van der Waals surface area (Å²) < 4.78 is 0. The molecule has 1 fully saturated rings. The van der Waals surface area contributed by atoms with Crippen molar-refractivity contribution in [3.8, 4) is 0 Å². The molecule has 1 N–H and O–H groups in total. The lowest BCUT2D eigenvalue weighted by atomic mass is 9.96. The van der Waals surface area contributed by atoms with Gasteiger partial charge in [-0.25, -0.2) is 0 Å². The molecule has 0 aliphatic heterocycles. The van der Waals surface area contributed by atoms with Gasteiger partial charge in [0.1, 0.15) is 0 Å². The van der Waals surface area contributed by atoms with Crippen molar-refractivity contribution in [1.82, 2.24) is 4.98 Å². The topological polar surface area (TPSA) is 12.0 Å². The second-order valence-corrected chi connectivity index (χ2v) is 12.1. The van der Waals surface area contributed by atoms with Gasteiger partial charge < -0.3 is 4.98 Å². The number of benzene rings is 2. The Balaban J connectivity index is 1.96. The molecular weight excluding hydrogens is 354 g/mol. The zero-order chi connectivity index (χ0) is 19.6. The van der Waals surface area contributed by atoms with Gasteiger partial charge in [0.05, 0.1) is 0 Å². The molecule has 146 valence electrons. The maximum Gasteiger partial charge on any atom is 0.222 e. The third kappa shape index (κ3) is 3.44. The minimum Gasteiger partial charge on any atom is -0.324 e. The standard InChI is InChI=1S/C26H33NSi/c1-20-19-21(2)26(22(20)3)28(24-15-9-5-10-16-24,25-17-11-6-12-18-25)27-23-13-7-4-8-14-23/h5-6,9-12,15-18,23,27H,4,7-8,13-14,19H2,1-3H3. The van der Waals surface area contributed by atoms with Crippen LogP contribution >= 0.6 is 0 Å². The van der Waals surface area contributed by atoms with E-state index in [1.54, 1.807) is 16.3 Å². The summed E-state index contributed by atoms with van der Waals surface area (Å²) in [5.74, 6) is 0. The van der Waals surface area contributed by atoms with E-state index < -0.39 is 8.24 Å². The van der Waals surface area contributed by atoms with Crippen LogP contribution in [0.1, 0.15) is 59.3 Å². The maximum absolute atomic E-state index is 4.37. The lowest BCUT2D eigenvalue weighted by Gasteiger charge is -2.41. The molecule has 2 aromatic carbocycles. The normalized spacial score (nSPS) is 18.8. The predicted octanol–water partition coefficient (Wildman–Crippen LogP) is 5.26. The number of hydrogen-bond acceptors (Lipinski definition) is 1. The van der Waals surface area contributed by atoms with E-state index in [4.69, 9.17) is 0 Å². The SMILES string of the molecule is CC1=C(C)C([Si](NC2CCCCC2)(c2ccccc2)c2ccccc2)=C(C)C1. The van der Waals surface area contributed by atoms with E-state index in [-0.39, 0.29) is 0 Å². The molecular formula is C26H33NSi. The van der Waals surface area contributed by atoms with Gasteiger partial charge in [0, 0.05) is 6.04 Å². The molecule has 1 nitrogen and oxygen atoms in total. The molecule has 0 saturated heterocycles. The van der Waals surface area contributed by atoms with Crippen LogP contribution in [-0.2, 0) is 0 Å². The summed E-state index contributed by atoms with van der Waals surface area (Å²) >= 11 is 0. The molecule has 0 bridgehead atoms. The molecule has 2 aromatic rings. The predicted molar refractivity (Wildman–Crippen MR) is 124 cm³/mol. The van der Waals surface area contributed by atoms with Crippen LogP contribution in [-0.4, -0.2) is 14.3 Å². The zero-order valence-electron chi connectivity index (χ0n) is 17.6. The van der Waals surface area contributed by atoms with Crippen LogP contribution in [0.15, 0.2) is 82.6 Å². The van der Waals surface area contributed by atoms with Crippen molar-refractivity contribution < 1.29 is 0 Å². The number of allylic oxidation sites excluding steroid dienone is 4. The van der Waals surface area contributed by atoms with Crippen LogP contribution in [0.2, 0.25) is 0 Å². The summed E-state index contributed by atoms with van der Waals surface area (Å²) in [4.78, 5) is 4.37. The fraction of sp³-hybridized carbons (Fsp3) is 0.385. The quantitative estimate of drug-likeness (QED) is 0.690. The second kappa shape index (κ2) is 8.22. The molecule has 0 radical (unpaired) electrons. The van der Waals surface area contributed by atoms with E-state index in [2.05, 4.69) is 86.4 Å². The van der Waals surface area contributed by atoms with Gasteiger partial charge in [-0.1, -0.05) is 96.6 Å². The molecule has 0 unspecified atom stereocenters. The zero-order valence-corrected chi connectivity index (χ0v) is 18.6. The Labute approximate surface area is 171 Å². The van der Waals surface area contributed by atoms with Crippen molar-refractivity contribution in [3.05, 3.63) is 82.6 Å². The number of rotatable bonds is 5. The highest BCUT2D eigenvalue weighted by atomic mass is 28.3. The fourth-order valence-electron chi connectivity index (χ4n) is 5.38. The average Bonchev–Trinajstić information content (AvgIpc) is 3.00. The minimum atomic E-state index is -2.30. The maximum atomic E-state index is 4.37. The van der Waals surface area contributed by atoms with E-state index in [9.17, 15) is 0 Å². The highest BCUT2D eigenvalue weighted by Gasteiger charge is 2.46. The van der Waals surface area contributed by atoms with Crippen molar-refractivity contribution >= 4 is 18.6 Å². The van der Waals surface area contributed by atoms with Crippen LogP contribution in [0.5, 0.6) is 0 Å². The molecule has 28 heavy (non-hydrogen) atoms. The van der Waals surface area contributed by atoms with E-state index in [1.165, 1.54) is 48.1 Å². The first-order valence-corrected chi connectivity index (χ1v) is 12.9. The molecule has 0 heterocycles. The highest BCUT2D eigenvalue weighted by Crippen LogP contribution is 2.37. The third-order valence-electron chi connectivity index (χ3n) is 6.79. The van der Waals surface area contributed by atoms with Gasteiger partial charge in [0.15, 0.2) is 0 Å². The van der Waals surface area contributed by atoms with Crippen LogP contribution < -0.4 is 15.4 Å². The summed E-state index contributed by atoms with van der Waals surface area (Å²) in [6, 6.07) is 23.3. The van der Waals surface area contributed by atoms with Gasteiger partial charge in [0.25, 0.3) is 0 Å². The molecule has 0 atom stereocenters. The van der Waals surface area contributed by atoms with E-state index >= 15 is 0 Å². The minimum absolute atomic E-state index is 0.620. The molecule has 0 amide bonds. The lowest BCUT2D eigenvalue weighted by Crippen LogP contribution is -2.72. The monoisotopic (exact) mass is 387 g/mol. The smallest absolute Gasteiger partial charge is 0.222 e. The van der Waals surface area contributed by atoms with Crippen LogP contribution in [0.3, 0.4) is 0 Å². The Bertz CT molecular complexity index is 834. The average molecular weight is 388 g/mol. The summed E-state index contributed by atoms with van der Waals surface area (Å²) in [6.07, 6.45) is 7.85. The Morgan fingerprint density at radius 2 is 1.25 bits per heavy atom. The van der Waals surface area contributed by atoms with Crippen molar-refractivity contribution in [2.45, 2.75) is 65.3 Å². The Hall–Kier alpha value is -1.90. The first-order chi connectivity index (χ1) is 13.6. The van der Waals surface area contributed by atoms with Gasteiger partial charge in [0.2, 0.25) is 8.24 Å². The van der Waals surface area contributed by atoms with Crippen molar-refractivity contribution in [2.75, 3.05) is 0 Å². The lowest BCUT2D eigenvalue weighted by molar-refractivity contribution is 0.416. The fourth-order valence-corrected chi connectivity index (χ4v) is 10.6. The first kappa shape index (κ1) is 19.4. The first-order valence-electron chi connectivity index (χ1n) is 10.9. The van der Waals surface area contributed by atoms with E-state index in [1.807, 2.05) is 0 Å². The molecule has 0 aromatic heterocycles. The van der Waals surface area contributed by atoms with Crippen molar-refractivity contribution in [3.63, 3.8) is 0 Å². The van der Waals surface area contributed by atoms with Gasteiger partial charge in [-0.05, 0) is 55.6 Å². The Kier molecular flexibility index (Phi) is 5.70. The molecule has 4 rings (SSSR count). The van der Waals surface area contributed by atoms with Gasteiger partial charge >= 0.3 is 0 Å². The van der Waals surface area contributed by atoms with Crippen LogP contribution in [0.25, 0.3) is 0 Å². The molecule has 2 aliphatic carbocycles. The number of nitrogens with one attached hydrogen (secondary N) is 1. The van der Waals surface area contributed by atoms with Crippen molar-refractivity contribution in [1.29, 1.82) is 0 Å². The van der Waals surface area contributed by atoms with Crippen molar-refractivity contribution in [2.24, 2.45) is 0 Å². The van der Waals surface area contributed by atoms with Gasteiger partial charge in [-0.2, -0.15) is 0 Å². The summed E-state index contributed by atoms with van der Waals surface area (Å²) in [5, 5.41) is 4.62. The number of hydrogen-bond donors (Lipinski definition) is 1. The molecule has 2 aliphatic rings. The summed E-state index contributed by atoms with van der Waals surface area (Å²) in [7, 11) is -2.30. The molecule has 0 spiro atoms. The third-order valence-corrected chi connectivity index (χ3v) is 11.6. The van der Waals surface area contributed by atoms with E-state index in [0.29, 0.717) is 6.04 Å². The van der Waals surface area contributed by atoms with Gasteiger partial charge in [-0.15, -0.1) is 0 Å². The Morgan fingerprint density at radius 1 is 0.714 bits per heavy atom. The van der Waals surface area contributed by atoms with Gasteiger partial charge in [-0.3, -0.25) is 0 Å². The largest absolute Gasteiger partial charge is 0.324 e. The Morgan fingerprint density at radius 3 is 1.71 bits per heavy atom. The van der Waals surface area contributed by atoms with E-state index in [0.717, 1.165) is 6.42 Å². The summed E-state index contributed by atoms with van der Waals surface area (Å²) in [6.45, 7) is 7.05. The van der Waals surface area contributed by atoms with Crippen LogP contribution in [0, 0.1) is 0 Å². The summed E-state index contributed by atoms with van der Waals surface area (Å²) in [5.41, 5.74) is 4.64. The second-order valence-electron chi connectivity index (χ2n) is 8.70. The molecule has 2 heteroatoms. The molecule has 1 saturated carbocycles.